The average molecular weight is 375 g/mol. The van der Waals surface area contributed by atoms with Crippen LogP contribution in [0.5, 0.6) is 0 Å². The lowest BCUT2D eigenvalue weighted by atomic mass is 10.1. The van der Waals surface area contributed by atoms with Crippen LogP contribution in [-0.2, 0) is 9.53 Å². The van der Waals surface area contributed by atoms with Crippen LogP contribution >= 0.6 is 11.6 Å². The van der Waals surface area contributed by atoms with Crippen molar-refractivity contribution >= 4 is 40.6 Å². The number of halogens is 1. The molecule has 7 heteroatoms. The predicted molar refractivity (Wildman–Crippen MR) is 101 cm³/mol. The number of Topliss-reactive ketones (excluding diaryl/α,β-unsaturated/α-hetero) is 1. The number of ketones is 1. The molecule has 0 bridgehead atoms. The van der Waals surface area contributed by atoms with Gasteiger partial charge in [0, 0.05) is 24.2 Å². The molecule has 0 atom stereocenters. The van der Waals surface area contributed by atoms with E-state index in [2.05, 4.69) is 15.4 Å². The van der Waals surface area contributed by atoms with Crippen molar-refractivity contribution < 1.29 is 19.1 Å². The third-order valence-electron chi connectivity index (χ3n) is 3.61. The Bertz CT molecular complexity index is 836. The van der Waals surface area contributed by atoms with Gasteiger partial charge in [0.25, 0.3) is 0 Å². The molecule has 26 heavy (non-hydrogen) atoms. The molecule has 2 rings (SSSR count). The quantitative estimate of drug-likeness (QED) is 0.569. The Labute approximate surface area is 156 Å². The Morgan fingerprint density at radius 3 is 2.54 bits per heavy atom. The normalized spacial score (nSPS) is 10.1. The van der Waals surface area contributed by atoms with E-state index in [9.17, 15) is 14.4 Å². The second-order valence-corrected chi connectivity index (χ2v) is 5.96. The maximum absolute atomic E-state index is 12.1. The van der Waals surface area contributed by atoms with Gasteiger partial charge in [0.1, 0.15) is 0 Å². The lowest BCUT2D eigenvalue weighted by molar-refractivity contribution is -0.115. The van der Waals surface area contributed by atoms with Crippen LogP contribution in [0.3, 0.4) is 0 Å². The molecule has 1 amide bonds. The molecule has 2 N–H and O–H groups in total. The predicted octanol–water partition coefficient (Wildman–Crippen LogP) is 3.77. The molecule has 2 aromatic rings. The number of rotatable bonds is 7. The molecule has 0 fully saturated rings. The number of hydrogen-bond donors (Lipinski definition) is 2. The van der Waals surface area contributed by atoms with Crippen LogP contribution in [0, 0.1) is 0 Å². The molecule has 2 aromatic carbocycles. The molecule has 0 unspecified atom stereocenters. The minimum atomic E-state index is -0.510. The smallest absolute Gasteiger partial charge is 0.337 e. The second kappa shape index (κ2) is 9.01. The first-order chi connectivity index (χ1) is 12.4. The summed E-state index contributed by atoms with van der Waals surface area (Å²) in [4.78, 5) is 35.0. The van der Waals surface area contributed by atoms with E-state index in [1.807, 2.05) is 6.07 Å². The maximum atomic E-state index is 12.1. The monoisotopic (exact) mass is 374 g/mol. The average Bonchev–Trinajstić information content (AvgIpc) is 2.63. The van der Waals surface area contributed by atoms with E-state index in [0.29, 0.717) is 28.4 Å². The van der Waals surface area contributed by atoms with Crippen LogP contribution in [0.1, 0.15) is 34.1 Å². The number of carbonyl (C=O) groups is 3. The maximum Gasteiger partial charge on any atom is 0.337 e. The second-order valence-electron chi connectivity index (χ2n) is 5.55. The fraction of sp³-hybridized carbons (Fsp3) is 0.211. The fourth-order valence-corrected chi connectivity index (χ4v) is 2.41. The number of anilines is 2. The van der Waals surface area contributed by atoms with Crippen molar-refractivity contribution in [3.63, 3.8) is 0 Å². The van der Waals surface area contributed by atoms with Crippen molar-refractivity contribution in [2.75, 3.05) is 24.3 Å². The third kappa shape index (κ3) is 5.32. The van der Waals surface area contributed by atoms with Gasteiger partial charge in [-0.1, -0.05) is 23.7 Å². The van der Waals surface area contributed by atoms with E-state index in [0.717, 1.165) is 5.69 Å². The summed E-state index contributed by atoms with van der Waals surface area (Å²) >= 11 is 6.05. The van der Waals surface area contributed by atoms with E-state index in [1.54, 1.807) is 18.2 Å². The number of methoxy groups -OCH3 is 1. The number of benzene rings is 2. The number of nitrogens with one attached hydrogen (secondary N) is 2. The summed E-state index contributed by atoms with van der Waals surface area (Å²) in [6.45, 7) is 1.88. The first-order valence-electron chi connectivity index (χ1n) is 7.93. The number of hydrogen-bond acceptors (Lipinski definition) is 5. The molecule has 0 spiro atoms. The van der Waals surface area contributed by atoms with E-state index in [4.69, 9.17) is 11.6 Å². The molecule has 136 valence electrons. The van der Waals surface area contributed by atoms with Crippen molar-refractivity contribution in [3.05, 3.63) is 58.6 Å². The van der Waals surface area contributed by atoms with E-state index in [-0.39, 0.29) is 18.1 Å². The first-order valence-corrected chi connectivity index (χ1v) is 8.31. The van der Waals surface area contributed by atoms with Gasteiger partial charge in [-0.15, -0.1) is 0 Å². The summed E-state index contributed by atoms with van der Waals surface area (Å²) in [6.07, 6.45) is 0.184. The fourth-order valence-electron chi connectivity index (χ4n) is 2.25. The summed E-state index contributed by atoms with van der Waals surface area (Å²) < 4.78 is 4.65. The van der Waals surface area contributed by atoms with E-state index in [1.165, 1.54) is 32.2 Å². The van der Waals surface area contributed by atoms with Crippen LogP contribution in [0.2, 0.25) is 5.02 Å². The van der Waals surface area contributed by atoms with Gasteiger partial charge in [0.15, 0.2) is 5.78 Å². The van der Waals surface area contributed by atoms with Gasteiger partial charge in [-0.25, -0.2) is 4.79 Å². The van der Waals surface area contributed by atoms with E-state index >= 15 is 0 Å². The molecule has 6 nitrogen and oxygen atoms in total. The Hall–Kier alpha value is -2.86. The SMILES string of the molecule is COC(=O)c1ccc(Cl)c(NC(=O)CCNc2cccc(C(C)=O)c2)c1. The molecular weight excluding hydrogens is 356 g/mol. The molecule has 0 aliphatic rings. The van der Waals surface area contributed by atoms with Crippen molar-refractivity contribution in [1.29, 1.82) is 0 Å². The number of esters is 1. The molecule has 0 aromatic heterocycles. The van der Waals surface area contributed by atoms with Crippen molar-refractivity contribution in [2.24, 2.45) is 0 Å². The largest absolute Gasteiger partial charge is 0.465 e. The third-order valence-corrected chi connectivity index (χ3v) is 3.94. The molecule has 0 saturated carbocycles. The summed E-state index contributed by atoms with van der Waals surface area (Å²) in [6, 6.07) is 11.6. The molecule has 0 radical (unpaired) electrons. The van der Waals surface area contributed by atoms with Gasteiger partial charge in [-0.05, 0) is 37.3 Å². The molecular formula is C19H19ClN2O4. The highest BCUT2D eigenvalue weighted by Gasteiger charge is 2.11. The van der Waals surface area contributed by atoms with Gasteiger partial charge < -0.3 is 15.4 Å². The first kappa shape index (κ1) is 19.5. The van der Waals surface area contributed by atoms with Crippen molar-refractivity contribution in [1.82, 2.24) is 0 Å². The van der Waals surface area contributed by atoms with Crippen LogP contribution < -0.4 is 10.6 Å². The van der Waals surface area contributed by atoms with Crippen LogP contribution in [-0.4, -0.2) is 31.3 Å². The number of carbonyl (C=O) groups excluding carboxylic acids is 3. The van der Waals surface area contributed by atoms with Gasteiger partial charge in [-0.3, -0.25) is 9.59 Å². The highest BCUT2D eigenvalue weighted by molar-refractivity contribution is 6.33. The zero-order chi connectivity index (χ0) is 19.1. The van der Waals surface area contributed by atoms with E-state index < -0.39 is 5.97 Å². The highest BCUT2D eigenvalue weighted by Crippen LogP contribution is 2.23. The Balaban J connectivity index is 1.92. The zero-order valence-corrected chi connectivity index (χ0v) is 15.2. The topological polar surface area (TPSA) is 84.5 Å². The van der Waals surface area contributed by atoms with Crippen LogP contribution in [0.4, 0.5) is 11.4 Å². The van der Waals surface area contributed by atoms with Gasteiger partial charge in [0.2, 0.25) is 5.91 Å². The summed E-state index contributed by atoms with van der Waals surface area (Å²) in [5, 5.41) is 6.09. The number of amides is 1. The molecule has 0 heterocycles. The molecule has 0 aliphatic carbocycles. The Morgan fingerprint density at radius 2 is 1.85 bits per heavy atom. The standard InChI is InChI=1S/C19H19ClN2O4/c1-12(23)13-4-3-5-15(10-13)21-9-8-18(24)22-17-11-14(19(25)26-2)6-7-16(17)20/h3-7,10-11,21H,8-9H2,1-2H3,(H,22,24). The van der Waals surface area contributed by atoms with Gasteiger partial charge in [0.05, 0.1) is 23.4 Å². The van der Waals surface area contributed by atoms with Gasteiger partial charge >= 0.3 is 5.97 Å². The van der Waals surface area contributed by atoms with Gasteiger partial charge in [-0.2, -0.15) is 0 Å². The Kier molecular flexibility index (Phi) is 6.74. The van der Waals surface area contributed by atoms with Crippen molar-refractivity contribution in [3.8, 4) is 0 Å². The summed E-state index contributed by atoms with van der Waals surface area (Å²) in [7, 11) is 1.28. The lowest BCUT2D eigenvalue weighted by Gasteiger charge is -2.10. The zero-order valence-electron chi connectivity index (χ0n) is 14.5. The minimum Gasteiger partial charge on any atom is -0.465 e. The Morgan fingerprint density at radius 1 is 1.08 bits per heavy atom. The minimum absolute atomic E-state index is 0.0217. The summed E-state index contributed by atoms with van der Waals surface area (Å²) in [5.41, 5.74) is 2.01. The highest BCUT2D eigenvalue weighted by atomic mass is 35.5. The van der Waals surface area contributed by atoms with Crippen LogP contribution in [0.25, 0.3) is 0 Å². The molecule has 0 saturated heterocycles. The van der Waals surface area contributed by atoms with Crippen molar-refractivity contribution in [2.45, 2.75) is 13.3 Å². The van der Waals surface area contributed by atoms with Crippen LogP contribution in [0.15, 0.2) is 42.5 Å². The number of ether oxygens (including phenoxy) is 1. The lowest BCUT2D eigenvalue weighted by Crippen LogP contribution is -2.17. The summed E-state index contributed by atoms with van der Waals surface area (Å²) in [5.74, 6) is -0.792. The molecule has 0 aliphatic heterocycles.